The van der Waals surface area contributed by atoms with Crippen LogP contribution in [0.25, 0.3) is 0 Å². The second-order valence-electron chi connectivity index (χ2n) is 5.39. The summed E-state index contributed by atoms with van der Waals surface area (Å²) in [7, 11) is 1.29. The number of hydrogen-bond acceptors (Lipinski definition) is 4. The molecule has 7 heteroatoms. The Kier molecular flexibility index (Phi) is 4.29. The van der Waals surface area contributed by atoms with Crippen molar-refractivity contribution in [3.05, 3.63) is 53.4 Å². The van der Waals surface area contributed by atoms with E-state index in [1.54, 1.807) is 6.20 Å². The molecule has 2 aromatic rings. The summed E-state index contributed by atoms with van der Waals surface area (Å²) in [6.45, 7) is 0. The van der Waals surface area contributed by atoms with Gasteiger partial charge in [-0.25, -0.2) is 18.7 Å². The van der Waals surface area contributed by atoms with Gasteiger partial charge in [-0.1, -0.05) is 0 Å². The molecule has 1 aromatic heterocycles. The van der Waals surface area contributed by atoms with Crippen molar-refractivity contribution in [2.24, 2.45) is 0 Å². The van der Waals surface area contributed by atoms with Gasteiger partial charge in [0.1, 0.15) is 11.6 Å². The van der Waals surface area contributed by atoms with Crippen molar-refractivity contribution in [2.75, 3.05) is 12.4 Å². The van der Waals surface area contributed by atoms with Gasteiger partial charge in [0.25, 0.3) is 5.91 Å². The number of aromatic nitrogens is 2. The Morgan fingerprint density at radius 3 is 2.61 bits per heavy atom. The van der Waals surface area contributed by atoms with Crippen LogP contribution < -0.4 is 5.32 Å². The molecule has 0 radical (unpaired) electrons. The number of nitrogens with one attached hydrogen (secondary N) is 1. The van der Waals surface area contributed by atoms with Crippen LogP contribution in [0.3, 0.4) is 0 Å². The van der Waals surface area contributed by atoms with Crippen LogP contribution in [0.4, 0.5) is 14.7 Å². The van der Waals surface area contributed by atoms with E-state index in [1.165, 1.54) is 7.11 Å². The van der Waals surface area contributed by atoms with E-state index < -0.39 is 23.6 Å². The Balaban J connectivity index is 1.78. The van der Waals surface area contributed by atoms with E-state index in [-0.39, 0.29) is 11.5 Å². The molecule has 1 saturated carbocycles. The van der Waals surface area contributed by atoms with Crippen molar-refractivity contribution in [1.82, 2.24) is 9.97 Å². The molecule has 120 valence electrons. The van der Waals surface area contributed by atoms with E-state index in [0.29, 0.717) is 5.92 Å². The number of halogens is 2. The molecular weight excluding hydrogens is 304 g/mol. The Morgan fingerprint density at radius 1 is 1.30 bits per heavy atom. The number of nitrogens with zero attached hydrogens (tertiary/aromatic N) is 2. The molecule has 1 unspecified atom stereocenters. The molecule has 23 heavy (non-hydrogen) atoms. The summed E-state index contributed by atoms with van der Waals surface area (Å²) in [5.74, 6) is -1.57. The number of ether oxygens (including phenoxy) is 1. The minimum Gasteiger partial charge on any atom is -0.367 e. The molecular formula is C16H15F2N3O2. The molecule has 1 heterocycles. The van der Waals surface area contributed by atoms with Gasteiger partial charge in [-0.2, -0.15) is 0 Å². The molecule has 1 aromatic carbocycles. The summed E-state index contributed by atoms with van der Waals surface area (Å²) in [5.41, 5.74) is 0.960. The first kappa shape index (κ1) is 15.5. The summed E-state index contributed by atoms with van der Waals surface area (Å²) in [6.07, 6.45) is 2.56. The van der Waals surface area contributed by atoms with E-state index >= 15 is 0 Å². The van der Waals surface area contributed by atoms with Gasteiger partial charge in [0.15, 0.2) is 6.10 Å². The first-order valence-electron chi connectivity index (χ1n) is 7.19. The third kappa shape index (κ3) is 3.68. The highest BCUT2D eigenvalue weighted by molar-refractivity contribution is 5.93. The Bertz CT molecular complexity index is 715. The molecule has 5 nitrogen and oxygen atoms in total. The van der Waals surface area contributed by atoms with E-state index in [0.717, 1.165) is 36.7 Å². The van der Waals surface area contributed by atoms with Crippen molar-refractivity contribution < 1.29 is 18.3 Å². The third-order valence-electron chi connectivity index (χ3n) is 3.57. The molecule has 3 rings (SSSR count). The Labute approximate surface area is 131 Å². The molecule has 0 spiro atoms. The number of carbonyl (C=O) groups excluding carboxylic acids is 1. The summed E-state index contributed by atoms with van der Waals surface area (Å²) >= 11 is 0. The molecule has 0 aliphatic heterocycles. The van der Waals surface area contributed by atoms with Gasteiger partial charge >= 0.3 is 0 Å². The molecule has 1 aliphatic rings. The number of benzene rings is 1. The fraction of sp³-hybridized carbons (Fsp3) is 0.312. The zero-order valence-electron chi connectivity index (χ0n) is 12.4. The van der Waals surface area contributed by atoms with Crippen LogP contribution in [0.1, 0.15) is 36.1 Å². The normalized spacial score (nSPS) is 15.3. The van der Waals surface area contributed by atoms with E-state index in [2.05, 4.69) is 15.3 Å². The van der Waals surface area contributed by atoms with Crippen molar-refractivity contribution in [1.29, 1.82) is 0 Å². The summed E-state index contributed by atoms with van der Waals surface area (Å²) in [4.78, 5) is 20.6. The topological polar surface area (TPSA) is 64.1 Å². The number of rotatable bonds is 5. The van der Waals surface area contributed by atoms with Crippen molar-refractivity contribution in [3.63, 3.8) is 0 Å². The summed E-state index contributed by atoms with van der Waals surface area (Å²) in [6, 6.07) is 4.65. The highest BCUT2D eigenvalue weighted by Gasteiger charge is 2.26. The lowest BCUT2D eigenvalue weighted by Crippen LogP contribution is -2.24. The van der Waals surface area contributed by atoms with E-state index in [9.17, 15) is 13.6 Å². The summed E-state index contributed by atoms with van der Waals surface area (Å²) in [5, 5.41) is 2.52. The number of hydrogen-bond donors (Lipinski definition) is 1. The van der Waals surface area contributed by atoms with Crippen molar-refractivity contribution >= 4 is 11.9 Å². The fourth-order valence-corrected chi connectivity index (χ4v) is 2.34. The van der Waals surface area contributed by atoms with Gasteiger partial charge in [-0.05, 0) is 36.6 Å². The molecule has 1 N–H and O–H groups in total. The second-order valence-corrected chi connectivity index (χ2v) is 5.39. The zero-order chi connectivity index (χ0) is 16.4. The minimum atomic E-state index is -1.16. The maximum Gasteiger partial charge on any atom is 0.260 e. The third-order valence-corrected chi connectivity index (χ3v) is 3.57. The quantitative estimate of drug-likeness (QED) is 0.920. The number of carbonyl (C=O) groups is 1. The average molecular weight is 319 g/mol. The SMILES string of the molecule is COC(C(=O)Nc1nccc(C2CC2)n1)c1cc(F)cc(F)c1. The highest BCUT2D eigenvalue weighted by Crippen LogP contribution is 2.38. The second kappa shape index (κ2) is 6.37. The molecule has 1 aliphatic carbocycles. The van der Waals surface area contributed by atoms with Crippen molar-refractivity contribution in [3.8, 4) is 0 Å². The molecule has 1 fully saturated rings. The van der Waals surface area contributed by atoms with Crippen LogP contribution in [0, 0.1) is 11.6 Å². The predicted molar refractivity (Wildman–Crippen MR) is 78.7 cm³/mol. The lowest BCUT2D eigenvalue weighted by molar-refractivity contribution is -0.126. The van der Waals surface area contributed by atoms with Gasteiger partial charge < -0.3 is 4.74 Å². The number of anilines is 1. The molecule has 1 amide bonds. The van der Waals surface area contributed by atoms with Gasteiger partial charge in [-0.3, -0.25) is 10.1 Å². The Morgan fingerprint density at radius 2 is 2.00 bits per heavy atom. The van der Waals surface area contributed by atoms with Crippen LogP contribution in [0.2, 0.25) is 0 Å². The fourth-order valence-electron chi connectivity index (χ4n) is 2.34. The maximum atomic E-state index is 13.3. The standard InChI is InChI=1S/C16H15F2N3O2/c1-23-14(10-6-11(17)8-12(18)7-10)15(22)21-16-19-5-4-13(20-16)9-2-3-9/h4-9,14H,2-3H2,1H3,(H,19,20,21,22). The highest BCUT2D eigenvalue weighted by atomic mass is 19.1. The van der Waals surface area contributed by atoms with E-state index in [4.69, 9.17) is 4.74 Å². The maximum absolute atomic E-state index is 13.3. The summed E-state index contributed by atoms with van der Waals surface area (Å²) < 4.78 is 31.7. The molecule has 1 atom stereocenters. The van der Waals surface area contributed by atoms with E-state index in [1.807, 2.05) is 6.07 Å². The van der Waals surface area contributed by atoms with Gasteiger partial charge in [-0.15, -0.1) is 0 Å². The van der Waals surface area contributed by atoms with Crippen LogP contribution in [0.5, 0.6) is 0 Å². The Hall–Kier alpha value is -2.41. The number of amides is 1. The van der Waals surface area contributed by atoms with Gasteiger partial charge in [0, 0.05) is 31.0 Å². The monoisotopic (exact) mass is 319 g/mol. The van der Waals surface area contributed by atoms with Crippen LogP contribution in [-0.2, 0) is 9.53 Å². The average Bonchev–Trinajstić information content (AvgIpc) is 3.32. The van der Waals surface area contributed by atoms with Crippen molar-refractivity contribution in [2.45, 2.75) is 24.9 Å². The minimum absolute atomic E-state index is 0.0841. The zero-order valence-corrected chi connectivity index (χ0v) is 12.4. The van der Waals surface area contributed by atoms with Gasteiger partial charge in [0.05, 0.1) is 0 Å². The predicted octanol–water partition coefficient (Wildman–Crippen LogP) is 2.96. The van der Waals surface area contributed by atoms with Gasteiger partial charge in [0.2, 0.25) is 5.95 Å². The molecule has 0 saturated heterocycles. The largest absolute Gasteiger partial charge is 0.367 e. The molecule has 0 bridgehead atoms. The van der Waals surface area contributed by atoms with Crippen LogP contribution in [0.15, 0.2) is 30.5 Å². The smallest absolute Gasteiger partial charge is 0.260 e. The first-order valence-corrected chi connectivity index (χ1v) is 7.19. The lowest BCUT2D eigenvalue weighted by Gasteiger charge is -2.15. The van der Waals surface area contributed by atoms with Crippen LogP contribution in [-0.4, -0.2) is 23.0 Å². The first-order chi connectivity index (χ1) is 11.1. The van der Waals surface area contributed by atoms with Crippen LogP contribution >= 0.6 is 0 Å². The lowest BCUT2D eigenvalue weighted by atomic mass is 10.1. The number of methoxy groups -OCH3 is 1.